The van der Waals surface area contributed by atoms with Gasteiger partial charge >= 0.3 is 0 Å². The van der Waals surface area contributed by atoms with Crippen LogP contribution < -0.4 is 5.32 Å². The zero-order valence-electron chi connectivity index (χ0n) is 12.0. The maximum atomic E-state index is 5.28. The van der Waals surface area contributed by atoms with E-state index >= 15 is 0 Å². The van der Waals surface area contributed by atoms with Gasteiger partial charge in [0.15, 0.2) is 0 Å². The fourth-order valence-corrected chi connectivity index (χ4v) is 2.24. The second-order valence-corrected chi connectivity index (χ2v) is 4.75. The molecule has 0 fully saturated rings. The summed E-state index contributed by atoms with van der Waals surface area (Å²) < 4.78 is 0. The summed E-state index contributed by atoms with van der Waals surface area (Å²) >= 11 is 0. The quantitative estimate of drug-likeness (QED) is 0.740. The molecule has 0 unspecified atom stereocenters. The van der Waals surface area contributed by atoms with Gasteiger partial charge in [-0.05, 0) is 5.56 Å². The molecule has 0 aliphatic carbocycles. The predicted octanol–water partition coefficient (Wildman–Crippen LogP) is 3.86. The third-order valence-electron chi connectivity index (χ3n) is 3.27. The van der Waals surface area contributed by atoms with Gasteiger partial charge in [-0.25, -0.2) is 9.97 Å². The molecule has 1 heterocycles. The Morgan fingerprint density at radius 1 is 0.909 bits per heavy atom. The van der Waals surface area contributed by atoms with Crippen LogP contribution >= 0.6 is 0 Å². The van der Waals surface area contributed by atoms with Gasteiger partial charge in [0.05, 0.1) is 12.2 Å². The van der Waals surface area contributed by atoms with Crippen LogP contribution in [0.4, 0.5) is 5.95 Å². The Bertz CT molecular complexity index is 790. The Morgan fingerprint density at radius 3 is 2.18 bits per heavy atom. The molecule has 0 amide bonds. The summed E-state index contributed by atoms with van der Waals surface area (Å²) in [4.78, 5) is 9.00. The zero-order valence-corrected chi connectivity index (χ0v) is 12.0. The van der Waals surface area contributed by atoms with Crippen LogP contribution in [0.25, 0.3) is 22.4 Å². The van der Waals surface area contributed by atoms with Crippen molar-refractivity contribution in [3.05, 3.63) is 66.9 Å². The maximum absolute atomic E-state index is 5.28. The number of benzene rings is 2. The molecule has 0 radical (unpaired) electrons. The third-order valence-corrected chi connectivity index (χ3v) is 3.27. The number of anilines is 1. The summed E-state index contributed by atoms with van der Waals surface area (Å²) in [5.41, 5.74) is 4.02. The minimum Gasteiger partial charge on any atom is -0.343 e. The Labute approximate surface area is 130 Å². The first-order chi connectivity index (χ1) is 10.9. The summed E-state index contributed by atoms with van der Waals surface area (Å²) in [6.45, 7) is 0.402. The van der Waals surface area contributed by atoms with Gasteiger partial charge in [-0.15, -0.1) is 6.42 Å². The molecule has 0 saturated heterocycles. The average molecular weight is 285 g/mol. The van der Waals surface area contributed by atoms with Crippen LogP contribution in [0.5, 0.6) is 0 Å². The lowest BCUT2D eigenvalue weighted by atomic mass is 10.0. The molecule has 3 heteroatoms. The Hall–Kier alpha value is -3.12. The van der Waals surface area contributed by atoms with E-state index in [1.807, 2.05) is 54.7 Å². The highest BCUT2D eigenvalue weighted by molar-refractivity contribution is 5.80. The van der Waals surface area contributed by atoms with E-state index in [0.717, 1.165) is 22.4 Å². The molecular formula is C19H15N3. The highest BCUT2D eigenvalue weighted by Crippen LogP contribution is 2.30. The van der Waals surface area contributed by atoms with Crippen molar-refractivity contribution in [3.63, 3.8) is 0 Å². The molecule has 3 nitrogen and oxygen atoms in total. The Balaban J connectivity index is 2.12. The average Bonchev–Trinajstić information content (AvgIpc) is 2.61. The van der Waals surface area contributed by atoms with Crippen LogP contribution in [0.15, 0.2) is 66.9 Å². The molecule has 22 heavy (non-hydrogen) atoms. The standard InChI is InChI=1S/C19H15N3/c1-2-13-20-19-21-14-17(15-9-5-3-6-10-15)18(22-19)16-11-7-4-8-12-16/h1,3-12,14H,13H2,(H,20,21,22). The maximum Gasteiger partial charge on any atom is 0.223 e. The van der Waals surface area contributed by atoms with Gasteiger partial charge < -0.3 is 5.32 Å². The van der Waals surface area contributed by atoms with Crippen LogP contribution in [0.3, 0.4) is 0 Å². The van der Waals surface area contributed by atoms with Crippen molar-refractivity contribution in [2.24, 2.45) is 0 Å². The molecule has 0 spiro atoms. The second-order valence-electron chi connectivity index (χ2n) is 4.75. The van der Waals surface area contributed by atoms with Crippen molar-refractivity contribution in [1.82, 2.24) is 9.97 Å². The van der Waals surface area contributed by atoms with E-state index < -0.39 is 0 Å². The largest absolute Gasteiger partial charge is 0.343 e. The van der Waals surface area contributed by atoms with E-state index in [1.165, 1.54) is 0 Å². The number of aromatic nitrogens is 2. The highest BCUT2D eigenvalue weighted by Gasteiger charge is 2.11. The Kier molecular flexibility index (Phi) is 4.12. The molecule has 106 valence electrons. The third kappa shape index (κ3) is 2.97. The first kappa shape index (κ1) is 13.8. The number of nitrogens with one attached hydrogen (secondary N) is 1. The fourth-order valence-electron chi connectivity index (χ4n) is 2.24. The molecule has 1 aromatic heterocycles. The van der Waals surface area contributed by atoms with E-state index in [2.05, 4.69) is 33.3 Å². The molecule has 0 aliphatic rings. The summed E-state index contributed by atoms with van der Waals surface area (Å²) in [6, 6.07) is 20.2. The number of nitrogens with zero attached hydrogens (tertiary/aromatic N) is 2. The molecule has 2 aromatic carbocycles. The molecule has 1 N–H and O–H groups in total. The minimum absolute atomic E-state index is 0.402. The molecule has 3 aromatic rings. The van der Waals surface area contributed by atoms with E-state index in [9.17, 15) is 0 Å². The van der Waals surface area contributed by atoms with E-state index in [1.54, 1.807) is 0 Å². The van der Waals surface area contributed by atoms with Crippen molar-refractivity contribution in [3.8, 4) is 34.7 Å². The van der Waals surface area contributed by atoms with Crippen LogP contribution in [0, 0.1) is 12.3 Å². The second kappa shape index (κ2) is 6.55. The van der Waals surface area contributed by atoms with Gasteiger partial charge in [-0.3, -0.25) is 0 Å². The van der Waals surface area contributed by atoms with Gasteiger partial charge in [0.25, 0.3) is 0 Å². The molecule has 0 bridgehead atoms. The summed E-state index contributed by atoms with van der Waals surface area (Å²) in [6.07, 6.45) is 7.12. The van der Waals surface area contributed by atoms with E-state index in [4.69, 9.17) is 6.42 Å². The van der Waals surface area contributed by atoms with Crippen molar-refractivity contribution >= 4 is 5.95 Å². The Morgan fingerprint density at radius 2 is 1.55 bits per heavy atom. The number of rotatable bonds is 4. The van der Waals surface area contributed by atoms with Crippen LogP contribution in [-0.2, 0) is 0 Å². The van der Waals surface area contributed by atoms with Crippen molar-refractivity contribution in [2.45, 2.75) is 0 Å². The van der Waals surface area contributed by atoms with Gasteiger partial charge in [0, 0.05) is 17.3 Å². The van der Waals surface area contributed by atoms with Gasteiger partial charge in [0.1, 0.15) is 0 Å². The lowest BCUT2D eigenvalue weighted by Crippen LogP contribution is -2.04. The lowest BCUT2D eigenvalue weighted by molar-refractivity contribution is 1.13. The highest BCUT2D eigenvalue weighted by atomic mass is 15.1. The molecule has 0 saturated carbocycles. The fraction of sp³-hybridized carbons (Fsp3) is 0.0526. The number of hydrogen-bond donors (Lipinski definition) is 1. The van der Waals surface area contributed by atoms with E-state index in [0.29, 0.717) is 12.5 Å². The molecule has 3 rings (SSSR count). The first-order valence-electron chi connectivity index (χ1n) is 7.03. The van der Waals surface area contributed by atoms with E-state index in [-0.39, 0.29) is 0 Å². The normalized spacial score (nSPS) is 9.95. The van der Waals surface area contributed by atoms with Crippen molar-refractivity contribution < 1.29 is 0 Å². The van der Waals surface area contributed by atoms with Crippen LogP contribution in [0.2, 0.25) is 0 Å². The van der Waals surface area contributed by atoms with Crippen LogP contribution in [-0.4, -0.2) is 16.5 Å². The summed E-state index contributed by atoms with van der Waals surface area (Å²) in [5.74, 6) is 3.07. The van der Waals surface area contributed by atoms with Crippen molar-refractivity contribution in [1.29, 1.82) is 0 Å². The predicted molar refractivity (Wildman–Crippen MR) is 90.2 cm³/mol. The topological polar surface area (TPSA) is 37.8 Å². The number of hydrogen-bond acceptors (Lipinski definition) is 3. The van der Waals surface area contributed by atoms with Crippen molar-refractivity contribution in [2.75, 3.05) is 11.9 Å². The SMILES string of the molecule is C#CCNc1ncc(-c2ccccc2)c(-c2ccccc2)n1. The molecular weight excluding hydrogens is 270 g/mol. The zero-order chi connectivity index (χ0) is 15.2. The smallest absolute Gasteiger partial charge is 0.223 e. The molecule has 0 aliphatic heterocycles. The minimum atomic E-state index is 0.402. The summed E-state index contributed by atoms with van der Waals surface area (Å²) in [5, 5.41) is 3.02. The van der Waals surface area contributed by atoms with Gasteiger partial charge in [-0.1, -0.05) is 66.6 Å². The van der Waals surface area contributed by atoms with Crippen LogP contribution in [0.1, 0.15) is 0 Å². The van der Waals surface area contributed by atoms with Gasteiger partial charge in [-0.2, -0.15) is 0 Å². The number of terminal acetylenes is 1. The van der Waals surface area contributed by atoms with Gasteiger partial charge in [0.2, 0.25) is 5.95 Å². The first-order valence-corrected chi connectivity index (χ1v) is 7.03. The molecule has 0 atom stereocenters. The monoisotopic (exact) mass is 285 g/mol. The summed E-state index contributed by atoms with van der Waals surface area (Å²) in [7, 11) is 0. The lowest BCUT2D eigenvalue weighted by Gasteiger charge is -2.11.